The highest BCUT2D eigenvalue weighted by atomic mass is 16.5. The number of hydrogen-bond acceptors (Lipinski definition) is 4. The van der Waals surface area contributed by atoms with Crippen molar-refractivity contribution in [2.45, 2.75) is 38.3 Å². The molecule has 2 fully saturated rings. The van der Waals surface area contributed by atoms with Crippen LogP contribution in [0.15, 0.2) is 0 Å². The lowest BCUT2D eigenvalue weighted by atomic mass is 9.87. The smallest absolute Gasteiger partial charge is 0.0469 e. The number of rotatable bonds is 5. The van der Waals surface area contributed by atoms with Crippen LogP contribution in [0.3, 0.4) is 0 Å². The van der Waals surface area contributed by atoms with Crippen LogP contribution in [0.2, 0.25) is 0 Å². The third-order valence-electron chi connectivity index (χ3n) is 4.58. The van der Waals surface area contributed by atoms with Gasteiger partial charge in [-0.15, -0.1) is 0 Å². The Hall–Kier alpha value is -0.160. The second-order valence-electron chi connectivity index (χ2n) is 5.72. The Morgan fingerprint density at radius 2 is 1.94 bits per heavy atom. The Bertz CT molecular complexity index is 225. The van der Waals surface area contributed by atoms with E-state index in [1.54, 1.807) is 0 Å². The van der Waals surface area contributed by atoms with Crippen LogP contribution in [0.25, 0.3) is 0 Å². The molecule has 0 bridgehead atoms. The van der Waals surface area contributed by atoms with E-state index in [-0.39, 0.29) is 0 Å². The van der Waals surface area contributed by atoms with E-state index in [0.29, 0.717) is 12.1 Å². The van der Waals surface area contributed by atoms with E-state index in [1.165, 1.54) is 32.4 Å². The summed E-state index contributed by atoms with van der Waals surface area (Å²) in [5.74, 6) is 0.800. The van der Waals surface area contributed by atoms with Crippen LogP contribution >= 0.6 is 0 Å². The van der Waals surface area contributed by atoms with E-state index >= 15 is 0 Å². The normalized spacial score (nSPS) is 27.0. The molecule has 2 rings (SSSR count). The van der Waals surface area contributed by atoms with Gasteiger partial charge in [-0.25, -0.2) is 0 Å². The van der Waals surface area contributed by atoms with E-state index in [9.17, 15) is 0 Å². The van der Waals surface area contributed by atoms with Crippen LogP contribution in [0, 0.1) is 5.92 Å². The van der Waals surface area contributed by atoms with Crippen LogP contribution in [0.5, 0.6) is 0 Å². The van der Waals surface area contributed by atoms with Gasteiger partial charge in [0.2, 0.25) is 0 Å². The number of nitrogens with zero attached hydrogens (tertiary/aromatic N) is 1. The summed E-state index contributed by atoms with van der Waals surface area (Å²) in [6.07, 6.45) is 3.71. The molecule has 2 aliphatic rings. The monoisotopic (exact) mass is 255 g/mol. The van der Waals surface area contributed by atoms with Gasteiger partial charge < -0.3 is 15.4 Å². The SMILES string of the molecule is CNC(CC(C)N1CCNCC1)C1CCOCC1. The second kappa shape index (κ2) is 7.43. The number of hydrogen-bond donors (Lipinski definition) is 2. The molecule has 18 heavy (non-hydrogen) atoms. The molecule has 0 radical (unpaired) electrons. The zero-order valence-corrected chi connectivity index (χ0v) is 12.0. The first kappa shape index (κ1) is 14.3. The van der Waals surface area contributed by atoms with Gasteiger partial charge in [0.05, 0.1) is 0 Å². The Morgan fingerprint density at radius 1 is 1.28 bits per heavy atom. The molecule has 0 amide bonds. The zero-order valence-electron chi connectivity index (χ0n) is 12.0. The lowest BCUT2D eigenvalue weighted by molar-refractivity contribution is 0.0481. The predicted molar refractivity (Wildman–Crippen MR) is 74.9 cm³/mol. The molecule has 106 valence electrons. The molecular formula is C14H29N3O. The fourth-order valence-electron chi connectivity index (χ4n) is 3.30. The first-order valence-corrected chi connectivity index (χ1v) is 7.51. The van der Waals surface area contributed by atoms with Crippen molar-refractivity contribution < 1.29 is 4.74 Å². The third-order valence-corrected chi connectivity index (χ3v) is 4.58. The van der Waals surface area contributed by atoms with Crippen molar-refractivity contribution in [3.8, 4) is 0 Å². The second-order valence-corrected chi connectivity index (χ2v) is 5.72. The van der Waals surface area contributed by atoms with Gasteiger partial charge in [-0.2, -0.15) is 0 Å². The largest absolute Gasteiger partial charge is 0.381 e. The van der Waals surface area contributed by atoms with Crippen molar-refractivity contribution in [2.24, 2.45) is 5.92 Å². The molecule has 0 aromatic heterocycles. The Morgan fingerprint density at radius 3 is 2.56 bits per heavy atom. The molecule has 4 heteroatoms. The number of nitrogens with one attached hydrogen (secondary N) is 2. The molecular weight excluding hydrogens is 226 g/mol. The van der Waals surface area contributed by atoms with Crippen LogP contribution in [-0.2, 0) is 4.74 Å². The topological polar surface area (TPSA) is 36.5 Å². The van der Waals surface area contributed by atoms with Gasteiger partial charge in [-0.05, 0) is 39.2 Å². The molecule has 0 aromatic rings. The maximum atomic E-state index is 5.47. The Labute approximate surface area is 111 Å². The third kappa shape index (κ3) is 3.92. The predicted octanol–water partition coefficient (Wildman–Crippen LogP) is 0.685. The average molecular weight is 255 g/mol. The highest BCUT2D eigenvalue weighted by Crippen LogP contribution is 2.22. The van der Waals surface area contributed by atoms with Crippen LogP contribution < -0.4 is 10.6 Å². The summed E-state index contributed by atoms with van der Waals surface area (Å²) in [6, 6.07) is 1.34. The maximum Gasteiger partial charge on any atom is 0.0469 e. The molecule has 2 unspecified atom stereocenters. The van der Waals surface area contributed by atoms with Crippen molar-refractivity contribution in [2.75, 3.05) is 46.4 Å². The van der Waals surface area contributed by atoms with Gasteiger partial charge in [0.15, 0.2) is 0 Å². The molecule has 2 saturated heterocycles. The van der Waals surface area contributed by atoms with Crippen molar-refractivity contribution in [3.05, 3.63) is 0 Å². The van der Waals surface area contributed by atoms with Crippen LogP contribution in [0.4, 0.5) is 0 Å². The number of piperazine rings is 1. The summed E-state index contributed by atoms with van der Waals surface area (Å²) < 4.78 is 5.47. The van der Waals surface area contributed by atoms with Crippen LogP contribution in [0.1, 0.15) is 26.2 Å². The molecule has 0 aliphatic carbocycles. The molecule has 0 aromatic carbocycles. The molecule has 4 nitrogen and oxygen atoms in total. The van der Waals surface area contributed by atoms with Gasteiger partial charge in [0, 0.05) is 51.5 Å². The van der Waals surface area contributed by atoms with E-state index < -0.39 is 0 Å². The van der Waals surface area contributed by atoms with Crippen LogP contribution in [-0.4, -0.2) is 63.4 Å². The molecule has 0 spiro atoms. The Balaban J connectivity index is 1.80. The summed E-state index contributed by atoms with van der Waals surface area (Å²) in [5.41, 5.74) is 0. The Kier molecular flexibility index (Phi) is 5.89. The highest BCUT2D eigenvalue weighted by Gasteiger charge is 2.26. The first-order chi connectivity index (χ1) is 8.81. The first-order valence-electron chi connectivity index (χ1n) is 7.51. The standard InChI is InChI=1S/C14H29N3O/c1-12(17-7-5-16-6-8-17)11-14(15-2)13-3-9-18-10-4-13/h12-16H,3-11H2,1-2H3. The summed E-state index contributed by atoms with van der Waals surface area (Å²) in [5, 5.41) is 6.97. The number of ether oxygens (including phenoxy) is 1. The van der Waals surface area contributed by atoms with Crippen molar-refractivity contribution >= 4 is 0 Å². The minimum atomic E-state index is 0.652. The quantitative estimate of drug-likeness (QED) is 0.758. The fourth-order valence-corrected chi connectivity index (χ4v) is 3.30. The maximum absolute atomic E-state index is 5.47. The van der Waals surface area contributed by atoms with Crippen molar-refractivity contribution in [1.29, 1.82) is 0 Å². The highest BCUT2D eigenvalue weighted by molar-refractivity contribution is 4.83. The summed E-state index contributed by atoms with van der Waals surface area (Å²) in [6.45, 7) is 8.97. The lowest BCUT2D eigenvalue weighted by Crippen LogP contribution is -2.50. The molecule has 2 atom stereocenters. The summed E-state index contributed by atoms with van der Waals surface area (Å²) >= 11 is 0. The van der Waals surface area contributed by atoms with Crippen molar-refractivity contribution in [3.63, 3.8) is 0 Å². The zero-order chi connectivity index (χ0) is 12.8. The lowest BCUT2D eigenvalue weighted by Gasteiger charge is -2.37. The summed E-state index contributed by atoms with van der Waals surface area (Å²) in [4.78, 5) is 2.63. The van der Waals surface area contributed by atoms with Gasteiger partial charge in [0.1, 0.15) is 0 Å². The molecule has 2 N–H and O–H groups in total. The van der Waals surface area contributed by atoms with Gasteiger partial charge in [-0.1, -0.05) is 0 Å². The van der Waals surface area contributed by atoms with Crippen molar-refractivity contribution in [1.82, 2.24) is 15.5 Å². The van der Waals surface area contributed by atoms with Gasteiger partial charge in [0.25, 0.3) is 0 Å². The average Bonchev–Trinajstić information content (AvgIpc) is 2.46. The van der Waals surface area contributed by atoms with E-state index in [0.717, 1.165) is 32.2 Å². The van der Waals surface area contributed by atoms with E-state index in [1.807, 2.05) is 0 Å². The fraction of sp³-hybridized carbons (Fsp3) is 1.00. The minimum absolute atomic E-state index is 0.652. The minimum Gasteiger partial charge on any atom is -0.381 e. The molecule has 0 saturated carbocycles. The molecule has 2 heterocycles. The van der Waals surface area contributed by atoms with Gasteiger partial charge >= 0.3 is 0 Å². The molecule has 2 aliphatic heterocycles. The van der Waals surface area contributed by atoms with E-state index in [4.69, 9.17) is 4.74 Å². The van der Waals surface area contributed by atoms with E-state index in [2.05, 4.69) is 29.5 Å². The summed E-state index contributed by atoms with van der Waals surface area (Å²) in [7, 11) is 2.12. The van der Waals surface area contributed by atoms with Gasteiger partial charge in [-0.3, -0.25) is 4.90 Å².